The van der Waals surface area contributed by atoms with Crippen LogP contribution in [0.25, 0.3) is 0 Å². The fourth-order valence-electron chi connectivity index (χ4n) is 1.20. The Hall–Kier alpha value is -1.58. The topological polar surface area (TPSA) is 40.5 Å². The van der Waals surface area contributed by atoms with Gasteiger partial charge in [-0.25, -0.2) is 9.18 Å². The van der Waals surface area contributed by atoms with E-state index in [2.05, 4.69) is 0 Å². The molecule has 0 amide bonds. The van der Waals surface area contributed by atoms with Gasteiger partial charge in [-0.05, 0) is 32.0 Å². The second-order valence-corrected chi connectivity index (χ2v) is 3.71. The van der Waals surface area contributed by atoms with Gasteiger partial charge in [0.25, 0.3) is 0 Å². The first-order chi connectivity index (χ1) is 6.91. The summed E-state index contributed by atoms with van der Waals surface area (Å²) in [5, 5.41) is 8.77. The number of carboxylic acid groups (broad SMARTS) is 1. The minimum absolute atomic E-state index is 0.0301. The minimum atomic E-state index is -1.12. The van der Waals surface area contributed by atoms with Crippen LogP contribution in [0.1, 0.15) is 24.2 Å². The van der Waals surface area contributed by atoms with Crippen molar-refractivity contribution in [2.45, 2.75) is 19.9 Å². The van der Waals surface area contributed by atoms with E-state index >= 15 is 0 Å². The summed E-state index contributed by atoms with van der Waals surface area (Å²) in [6, 6.07) is 3.99. The van der Waals surface area contributed by atoms with Gasteiger partial charge >= 0.3 is 5.97 Å². The standard InChI is InChI=1S/C11H14FNO2/c1-7(2)13(3)10-5-8(11(14)15)4-9(12)6-10/h4-7H,1-3H3,(H,14,15). The lowest BCUT2D eigenvalue weighted by molar-refractivity contribution is 0.0696. The van der Waals surface area contributed by atoms with Gasteiger partial charge in [0.05, 0.1) is 5.56 Å². The third-order valence-electron chi connectivity index (χ3n) is 2.31. The Bertz CT molecular complexity index is 377. The summed E-state index contributed by atoms with van der Waals surface area (Å²) in [6.07, 6.45) is 0. The maximum atomic E-state index is 13.1. The number of benzene rings is 1. The fourth-order valence-corrected chi connectivity index (χ4v) is 1.20. The summed E-state index contributed by atoms with van der Waals surface area (Å²) in [4.78, 5) is 12.5. The summed E-state index contributed by atoms with van der Waals surface area (Å²) < 4.78 is 13.1. The van der Waals surface area contributed by atoms with E-state index in [4.69, 9.17) is 5.11 Å². The Kier molecular flexibility index (Phi) is 3.29. The smallest absolute Gasteiger partial charge is 0.335 e. The molecule has 1 rings (SSSR count). The molecule has 0 aromatic heterocycles. The number of anilines is 1. The number of halogens is 1. The van der Waals surface area contributed by atoms with Gasteiger partial charge < -0.3 is 10.0 Å². The van der Waals surface area contributed by atoms with Crippen LogP contribution < -0.4 is 4.90 Å². The van der Waals surface area contributed by atoms with Gasteiger partial charge in [0.15, 0.2) is 0 Å². The summed E-state index contributed by atoms with van der Waals surface area (Å²) in [5.41, 5.74) is 0.542. The molecule has 1 N–H and O–H groups in total. The molecule has 0 aliphatic heterocycles. The zero-order valence-corrected chi connectivity index (χ0v) is 8.99. The van der Waals surface area contributed by atoms with Crippen LogP contribution >= 0.6 is 0 Å². The Labute approximate surface area is 88.1 Å². The van der Waals surface area contributed by atoms with Crippen LogP contribution in [0, 0.1) is 5.82 Å². The van der Waals surface area contributed by atoms with Crippen LogP contribution in [-0.4, -0.2) is 24.2 Å². The first-order valence-corrected chi connectivity index (χ1v) is 4.68. The predicted octanol–water partition coefficient (Wildman–Crippen LogP) is 2.37. The van der Waals surface area contributed by atoms with Gasteiger partial charge in [-0.2, -0.15) is 0 Å². The SMILES string of the molecule is CC(C)N(C)c1cc(F)cc(C(=O)O)c1. The van der Waals surface area contributed by atoms with E-state index in [1.165, 1.54) is 12.1 Å². The molecule has 1 aromatic carbocycles. The Balaban J connectivity index is 3.14. The zero-order valence-electron chi connectivity index (χ0n) is 8.99. The summed E-state index contributed by atoms with van der Waals surface area (Å²) in [6.45, 7) is 3.90. The highest BCUT2D eigenvalue weighted by molar-refractivity contribution is 5.88. The van der Waals surface area contributed by atoms with Crippen LogP contribution in [0.2, 0.25) is 0 Å². The maximum absolute atomic E-state index is 13.1. The molecular formula is C11H14FNO2. The van der Waals surface area contributed by atoms with Crippen molar-refractivity contribution in [3.8, 4) is 0 Å². The van der Waals surface area contributed by atoms with Crippen LogP contribution in [0.3, 0.4) is 0 Å². The Morgan fingerprint density at radius 1 is 1.40 bits per heavy atom. The first-order valence-electron chi connectivity index (χ1n) is 4.68. The van der Waals surface area contributed by atoms with Crippen molar-refractivity contribution < 1.29 is 14.3 Å². The van der Waals surface area contributed by atoms with Gasteiger partial charge in [-0.15, -0.1) is 0 Å². The predicted molar refractivity (Wildman–Crippen MR) is 56.9 cm³/mol. The molecule has 0 bridgehead atoms. The second-order valence-electron chi connectivity index (χ2n) is 3.71. The molecule has 0 aliphatic carbocycles. The maximum Gasteiger partial charge on any atom is 0.335 e. The van der Waals surface area contributed by atoms with E-state index in [-0.39, 0.29) is 11.6 Å². The van der Waals surface area contributed by atoms with E-state index in [1.54, 1.807) is 7.05 Å². The van der Waals surface area contributed by atoms with E-state index in [0.29, 0.717) is 5.69 Å². The van der Waals surface area contributed by atoms with Gasteiger partial charge in [0.1, 0.15) is 5.82 Å². The molecule has 0 saturated carbocycles. The van der Waals surface area contributed by atoms with Crippen molar-refractivity contribution in [3.63, 3.8) is 0 Å². The first kappa shape index (κ1) is 11.5. The monoisotopic (exact) mass is 211 g/mol. The van der Waals surface area contributed by atoms with Gasteiger partial charge in [-0.3, -0.25) is 0 Å². The lowest BCUT2D eigenvalue weighted by Crippen LogP contribution is -2.25. The Morgan fingerprint density at radius 2 is 2.00 bits per heavy atom. The molecule has 15 heavy (non-hydrogen) atoms. The lowest BCUT2D eigenvalue weighted by atomic mass is 10.1. The zero-order chi connectivity index (χ0) is 11.6. The largest absolute Gasteiger partial charge is 0.478 e. The quantitative estimate of drug-likeness (QED) is 0.834. The van der Waals surface area contributed by atoms with Crippen molar-refractivity contribution >= 4 is 11.7 Å². The number of rotatable bonds is 3. The molecule has 0 radical (unpaired) electrons. The van der Waals surface area contributed by atoms with Gasteiger partial charge in [0, 0.05) is 18.8 Å². The molecule has 0 heterocycles. The molecule has 0 atom stereocenters. The van der Waals surface area contributed by atoms with E-state index in [9.17, 15) is 9.18 Å². The number of carbonyl (C=O) groups is 1. The molecule has 82 valence electrons. The number of carboxylic acids is 1. The molecule has 0 fully saturated rings. The Morgan fingerprint density at radius 3 is 2.47 bits per heavy atom. The minimum Gasteiger partial charge on any atom is -0.478 e. The molecule has 1 aromatic rings. The average Bonchev–Trinajstić information content (AvgIpc) is 2.15. The van der Waals surface area contributed by atoms with Crippen molar-refractivity contribution in [3.05, 3.63) is 29.6 Å². The fraction of sp³-hybridized carbons (Fsp3) is 0.364. The molecule has 0 aliphatic rings. The number of aromatic carboxylic acids is 1. The normalized spacial score (nSPS) is 10.5. The van der Waals surface area contributed by atoms with Crippen LogP contribution in [0.15, 0.2) is 18.2 Å². The molecular weight excluding hydrogens is 197 g/mol. The molecule has 0 saturated heterocycles. The van der Waals surface area contributed by atoms with Crippen molar-refractivity contribution in [1.29, 1.82) is 0 Å². The van der Waals surface area contributed by atoms with Crippen molar-refractivity contribution in [2.75, 3.05) is 11.9 Å². The number of nitrogens with zero attached hydrogens (tertiary/aromatic N) is 1. The molecule has 3 nitrogen and oxygen atoms in total. The molecule has 0 spiro atoms. The van der Waals surface area contributed by atoms with Gasteiger partial charge in [0.2, 0.25) is 0 Å². The molecule has 0 unspecified atom stereocenters. The average molecular weight is 211 g/mol. The van der Waals surface area contributed by atoms with Crippen molar-refractivity contribution in [2.24, 2.45) is 0 Å². The molecule has 4 heteroatoms. The highest BCUT2D eigenvalue weighted by Gasteiger charge is 2.11. The highest BCUT2D eigenvalue weighted by atomic mass is 19.1. The van der Waals surface area contributed by atoms with E-state index in [0.717, 1.165) is 6.07 Å². The van der Waals surface area contributed by atoms with Crippen LogP contribution in [-0.2, 0) is 0 Å². The van der Waals surface area contributed by atoms with Crippen LogP contribution in [0.4, 0.5) is 10.1 Å². The second kappa shape index (κ2) is 4.29. The third-order valence-corrected chi connectivity index (χ3v) is 2.31. The lowest BCUT2D eigenvalue weighted by Gasteiger charge is -2.24. The van der Waals surface area contributed by atoms with Gasteiger partial charge in [-0.1, -0.05) is 0 Å². The van der Waals surface area contributed by atoms with E-state index < -0.39 is 11.8 Å². The van der Waals surface area contributed by atoms with Crippen molar-refractivity contribution in [1.82, 2.24) is 0 Å². The summed E-state index contributed by atoms with van der Waals surface area (Å²) >= 11 is 0. The number of hydrogen-bond donors (Lipinski definition) is 1. The van der Waals surface area contributed by atoms with E-state index in [1.807, 2.05) is 18.7 Å². The number of hydrogen-bond acceptors (Lipinski definition) is 2. The third kappa shape index (κ3) is 2.68. The highest BCUT2D eigenvalue weighted by Crippen LogP contribution is 2.19. The summed E-state index contributed by atoms with van der Waals surface area (Å²) in [5.74, 6) is -1.65. The van der Waals surface area contributed by atoms with Crippen LogP contribution in [0.5, 0.6) is 0 Å². The summed E-state index contributed by atoms with van der Waals surface area (Å²) in [7, 11) is 1.80.